The molecule has 2 aliphatic rings. The first-order valence-corrected chi connectivity index (χ1v) is 13.1. The van der Waals surface area contributed by atoms with Gasteiger partial charge in [0.15, 0.2) is 17.4 Å². The number of nitrogens with two attached hydrogens (primary N) is 1. The number of fused-ring (bicyclic) bond motifs is 3. The molecular formula is C11H16N5O14P3. The van der Waals surface area contributed by atoms with Crippen LogP contribution in [0.15, 0.2) is 11.1 Å². The minimum atomic E-state index is -5.72. The van der Waals surface area contributed by atoms with Gasteiger partial charge in [0.25, 0.3) is 5.56 Å². The van der Waals surface area contributed by atoms with Gasteiger partial charge in [0.1, 0.15) is 17.8 Å². The van der Waals surface area contributed by atoms with Crippen molar-refractivity contribution in [2.75, 3.05) is 18.9 Å². The molecule has 2 bridgehead atoms. The zero-order valence-corrected chi connectivity index (χ0v) is 18.6. The van der Waals surface area contributed by atoms with Crippen molar-refractivity contribution in [2.45, 2.75) is 24.0 Å². The molecule has 0 radical (unpaired) electrons. The lowest BCUT2D eigenvalue weighted by Crippen LogP contribution is -2.44. The van der Waals surface area contributed by atoms with E-state index < -0.39 is 59.7 Å². The van der Waals surface area contributed by atoms with Crippen LogP contribution >= 0.6 is 23.5 Å². The number of hydrogen-bond donors (Lipinski definition) is 7. The predicted molar refractivity (Wildman–Crippen MR) is 101 cm³/mol. The van der Waals surface area contributed by atoms with E-state index in [1.54, 1.807) is 0 Å². The Bertz CT molecular complexity index is 1290. The van der Waals surface area contributed by atoms with E-state index in [1.165, 1.54) is 10.9 Å². The average Bonchev–Trinajstić information content (AvgIpc) is 3.27. The molecule has 2 aromatic heterocycles. The highest BCUT2D eigenvalue weighted by Crippen LogP contribution is 2.66. The molecule has 19 nitrogen and oxygen atoms in total. The number of H-pyrrole nitrogens is 1. The van der Waals surface area contributed by atoms with Crippen molar-refractivity contribution in [3.8, 4) is 0 Å². The molecule has 8 N–H and O–H groups in total. The van der Waals surface area contributed by atoms with Gasteiger partial charge < -0.3 is 39.9 Å². The number of nitrogen functional groups attached to an aromatic ring is 1. The van der Waals surface area contributed by atoms with Gasteiger partial charge in [-0.15, -0.1) is 0 Å². The van der Waals surface area contributed by atoms with Crippen LogP contribution in [0.4, 0.5) is 5.95 Å². The summed E-state index contributed by atoms with van der Waals surface area (Å²) in [5.74, 6) is -0.221. The number of nitrogens with one attached hydrogen (secondary N) is 1. The van der Waals surface area contributed by atoms with Crippen molar-refractivity contribution in [3.05, 3.63) is 16.7 Å². The zero-order chi connectivity index (χ0) is 24.4. The summed E-state index contributed by atoms with van der Waals surface area (Å²) in [4.78, 5) is 58.1. The van der Waals surface area contributed by atoms with E-state index in [1.807, 2.05) is 0 Å². The molecule has 0 saturated carbocycles. The van der Waals surface area contributed by atoms with Crippen molar-refractivity contribution in [1.29, 1.82) is 0 Å². The highest BCUT2D eigenvalue weighted by atomic mass is 31.3. The lowest BCUT2D eigenvalue weighted by Gasteiger charge is -2.31. The summed E-state index contributed by atoms with van der Waals surface area (Å²) in [6, 6.07) is 0. The van der Waals surface area contributed by atoms with Gasteiger partial charge in [-0.3, -0.25) is 18.9 Å². The summed E-state index contributed by atoms with van der Waals surface area (Å²) in [7, 11) is -16.7. The summed E-state index contributed by atoms with van der Waals surface area (Å²) in [5.41, 5.74) is 3.02. The number of aromatic amines is 1. The van der Waals surface area contributed by atoms with E-state index >= 15 is 0 Å². The SMILES string of the molecule is Nc1nc2c(ncn2[C@@H]2O[C@@]3(COP(=O)(O)OP(=O)(O)OP(=O)(O)O)CO[C@H]2C3O)c(=O)[nH]1. The Morgan fingerprint density at radius 3 is 2.61 bits per heavy atom. The van der Waals surface area contributed by atoms with E-state index in [0.29, 0.717) is 0 Å². The Hall–Kier alpha value is -1.56. The Kier molecular flexibility index (Phi) is 5.95. The lowest BCUT2D eigenvalue weighted by atomic mass is 10.0. The maximum atomic E-state index is 12.0. The van der Waals surface area contributed by atoms with Crippen LogP contribution in [-0.2, 0) is 36.3 Å². The molecule has 4 heterocycles. The molecule has 22 heteroatoms. The second-order valence-electron chi connectivity index (χ2n) is 6.93. The maximum absolute atomic E-state index is 12.0. The standard InChI is InChI=1S/C11H16N5O14P3/c12-10-14-7-4(8(18)15-10)13-3-16(7)9-5-6(17)11(28-9,1-26-5)2-27-32(22,23)30-33(24,25)29-31(19,20)21/h3,5-6,9,17H,1-2H2,(H,22,23)(H,24,25)(H2,19,20,21)(H3,12,14,15,18)/t5-,6?,9+,11+/m0/s1. The van der Waals surface area contributed by atoms with Crippen molar-refractivity contribution in [2.24, 2.45) is 0 Å². The molecule has 6 atom stereocenters. The van der Waals surface area contributed by atoms with Gasteiger partial charge in [0.2, 0.25) is 5.95 Å². The molecule has 2 saturated heterocycles. The number of aromatic nitrogens is 4. The molecule has 0 spiro atoms. The molecule has 0 aromatic carbocycles. The number of anilines is 1. The van der Waals surface area contributed by atoms with Crippen LogP contribution in [0.5, 0.6) is 0 Å². The molecule has 33 heavy (non-hydrogen) atoms. The van der Waals surface area contributed by atoms with Gasteiger partial charge in [0, 0.05) is 0 Å². The van der Waals surface area contributed by atoms with Crippen molar-refractivity contribution in [3.63, 3.8) is 0 Å². The van der Waals surface area contributed by atoms with E-state index in [0.717, 1.165) is 0 Å². The Labute approximate surface area is 181 Å². The number of phosphoric ester groups is 1. The molecule has 0 amide bonds. The second-order valence-corrected chi connectivity index (χ2v) is 11.4. The van der Waals surface area contributed by atoms with Gasteiger partial charge in [-0.05, 0) is 0 Å². The fourth-order valence-electron chi connectivity index (χ4n) is 3.36. The molecule has 4 rings (SSSR count). The summed E-state index contributed by atoms with van der Waals surface area (Å²) in [5, 5.41) is 10.6. The summed E-state index contributed by atoms with van der Waals surface area (Å²) in [6.07, 6.45) is -2.51. The first-order valence-electron chi connectivity index (χ1n) is 8.60. The highest BCUT2D eigenvalue weighted by Gasteiger charge is 2.63. The number of phosphoric acid groups is 3. The highest BCUT2D eigenvalue weighted by molar-refractivity contribution is 7.66. The normalized spacial score (nSPS) is 31.0. The van der Waals surface area contributed by atoms with Crippen LogP contribution in [-0.4, -0.2) is 75.2 Å². The topological polar surface area (TPSA) is 288 Å². The Balaban J connectivity index is 1.52. The largest absolute Gasteiger partial charge is 0.490 e. The van der Waals surface area contributed by atoms with Gasteiger partial charge in [0.05, 0.1) is 19.5 Å². The van der Waals surface area contributed by atoms with Gasteiger partial charge in [-0.25, -0.2) is 18.7 Å². The molecule has 3 unspecified atom stereocenters. The number of ether oxygens (including phenoxy) is 2. The second kappa shape index (κ2) is 8.00. The summed E-state index contributed by atoms with van der Waals surface area (Å²) < 4.78 is 58.4. The first-order chi connectivity index (χ1) is 15.1. The third-order valence-electron chi connectivity index (χ3n) is 4.62. The van der Waals surface area contributed by atoms with Crippen LogP contribution in [0, 0.1) is 0 Å². The monoisotopic (exact) mass is 535 g/mol. The molecule has 2 aliphatic heterocycles. The Morgan fingerprint density at radius 2 is 1.94 bits per heavy atom. The lowest BCUT2D eigenvalue weighted by molar-refractivity contribution is -0.183. The zero-order valence-electron chi connectivity index (χ0n) is 15.9. The average molecular weight is 535 g/mol. The summed E-state index contributed by atoms with van der Waals surface area (Å²) >= 11 is 0. The number of aliphatic hydroxyl groups excluding tert-OH is 1. The predicted octanol–water partition coefficient (Wildman–Crippen LogP) is -1.93. The minimum Gasteiger partial charge on any atom is -0.387 e. The fourth-order valence-corrected chi connectivity index (χ4v) is 6.44. The number of imidazole rings is 1. The van der Waals surface area contributed by atoms with Gasteiger partial charge >= 0.3 is 23.5 Å². The minimum absolute atomic E-state index is 0.00682. The van der Waals surface area contributed by atoms with Crippen molar-refractivity contribution in [1.82, 2.24) is 19.5 Å². The van der Waals surface area contributed by atoms with Crippen LogP contribution in [0.2, 0.25) is 0 Å². The first kappa shape index (κ1) is 24.6. The van der Waals surface area contributed by atoms with E-state index in [-0.39, 0.29) is 23.7 Å². The van der Waals surface area contributed by atoms with Crippen LogP contribution < -0.4 is 11.3 Å². The molecule has 2 aromatic rings. The van der Waals surface area contributed by atoms with Gasteiger partial charge in [-0.1, -0.05) is 0 Å². The quantitative estimate of drug-likeness (QED) is 0.181. The van der Waals surface area contributed by atoms with Crippen molar-refractivity contribution < 1.29 is 61.0 Å². The fraction of sp³-hybridized carbons (Fsp3) is 0.545. The van der Waals surface area contributed by atoms with Gasteiger partial charge in [-0.2, -0.15) is 13.6 Å². The molecule has 184 valence electrons. The van der Waals surface area contributed by atoms with Crippen molar-refractivity contribution >= 4 is 40.6 Å². The molecule has 0 aliphatic carbocycles. The van der Waals surface area contributed by atoms with E-state index in [4.69, 9.17) is 25.0 Å². The number of aliphatic hydroxyl groups is 1. The smallest absolute Gasteiger partial charge is 0.387 e. The summed E-state index contributed by atoms with van der Waals surface area (Å²) in [6.45, 7) is -1.29. The number of hydrogen-bond acceptors (Lipinski definition) is 13. The third-order valence-corrected chi connectivity index (χ3v) is 8.40. The van der Waals surface area contributed by atoms with E-state index in [2.05, 4.69) is 28.1 Å². The van der Waals surface area contributed by atoms with E-state index in [9.17, 15) is 33.4 Å². The Morgan fingerprint density at radius 1 is 1.24 bits per heavy atom. The van der Waals surface area contributed by atoms with Crippen LogP contribution in [0.1, 0.15) is 6.23 Å². The maximum Gasteiger partial charge on any atom is 0.490 e. The third kappa shape index (κ3) is 4.82. The van der Waals surface area contributed by atoms with Crippen LogP contribution in [0.3, 0.4) is 0 Å². The van der Waals surface area contributed by atoms with Crippen LogP contribution in [0.25, 0.3) is 11.2 Å². The number of rotatable bonds is 8. The molecular weight excluding hydrogens is 519 g/mol. The molecule has 2 fully saturated rings. The number of nitrogens with zero attached hydrogens (tertiary/aromatic N) is 3.